The van der Waals surface area contributed by atoms with Crippen molar-refractivity contribution in [2.75, 3.05) is 0 Å². The summed E-state index contributed by atoms with van der Waals surface area (Å²) < 4.78 is 11.9. The first-order chi connectivity index (χ1) is 12.2. The van der Waals surface area contributed by atoms with Crippen molar-refractivity contribution in [3.05, 3.63) is 83.4 Å². The van der Waals surface area contributed by atoms with Gasteiger partial charge in [-0.15, -0.1) is 0 Å². The van der Waals surface area contributed by atoms with Gasteiger partial charge in [-0.2, -0.15) is 0 Å². The maximum Gasteiger partial charge on any atom is 0.130 e. The molecule has 25 heavy (non-hydrogen) atoms. The molecule has 0 bridgehead atoms. The summed E-state index contributed by atoms with van der Waals surface area (Å²) in [7, 11) is 0. The van der Waals surface area contributed by atoms with Gasteiger partial charge in [0.1, 0.15) is 23.0 Å². The molecular formula is C23H24O2. The lowest BCUT2D eigenvalue weighted by molar-refractivity contribution is 0.466. The van der Waals surface area contributed by atoms with Gasteiger partial charge in [-0.1, -0.05) is 38.1 Å². The van der Waals surface area contributed by atoms with E-state index in [1.165, 1.54) is 11.1 Å². The van der Waals surface area contributed by atoms with Crippen LogP contribution in [0.4, 0.5) is 0 Å². The third-order valence-corrected chi connectivity index (χ3v) is 4.27. The van der Waals surface area contributed by atoms with Crippen LogP contribution in [0.25, 0.3) is 0 Å². The van der Waals surface area contributed by atoms with Crippen molar-refractivity contribution >= 4 is 0 Å². The topological polar surface area (TPSA) is 18.5 Å². The number of hydrogen-bond acceptors (Lipinski definition) is 2. The Balaban J connectivity index is 1.70. The molecule has 128 valence electrons. The van der Waals surface area contributed by atoms with E-state index in [2.05, 4.69) is 38.1 Å². The fourth-order valence-corrected chi connectivity index (χ4v) is 2.65. The zero-order valence-corrected chi connectivity index (χ0v) is 15.1. The molecule has 0 radical (unpaired) electrons. The molecule has 0 heterocycles. The molecule has 0 saturated carbocycles. The van der Waals surface area contributed by atoms with E-state index in [1.807, 2.05) is 49.4 Å². The number of hydrogen-bond donors (Lipinski definition) is 0. The lowest BCUT2D eigenvalue weighted by atomic mass is 10.1. The quantitative estimate of drug-likeness (QED) is 0.500. The van der Waals surface area contributed by atoms with Gasteiger partial charge in [-0.25, -0.2) is 0 Å². The Hall–Kier alpha value is -2.74. The van der Waals surface area contributed by atoms with Crippen LogP contribution < -0.4 is 9.47 Å². The highest BCUT2D eigenvalue weighted by Crippen LogP contribution is 2.30. The van der Waals surface area contributed by atoms with E-state index in [0.717, 1.165) is 41.4 Å². The molecule has 3 aromatic carbocycles. The van der Waals surface area contributed by atoms with Gasteiger partial charge in [0.05, 0.1) is 0 Å². The molecule has 0 spiro atoms. The number of ether oxygens (including phenoxy) is 2. The summed E-state index contributed by atoms with van der Waals surface area (Å²) in [4.78, 5) is 0. The fraction of sp³-hybridized carbons (Fsp3) is 0.217. The number of benzene rings is 3. The highest BCUT2D eigenvalue weighted by atomic mass is 16.5. The molecule has 2 nitrogen and oxygen atoms in total. The molecule has 0 fully saturated rings. The van der Waals surface area contributed by atoms with Gasteiger partial charge in [-0.3, -0.25) is 0 Å². The summed E-state index contributed by atoms with van der Waals surface area (Å²) >= 11 is 0. The number of aryl methyl sites for hydroxylation is 3. The lowest BCUT2D eigenvalue weighted by Gasteiger charge is -2.12. The smallest absolute Gasteiger partial charge is 0.130 e. The summed E-state index contributed by atoms with van der Waals surface area (Å²) in [6.07, 6.45) is 2.06. The molecule has 0 aliphatic rings. The molecule has 0 aromatic heterocycles. The van der Waals surface area contributed by atoms with Gasteiger partial charge in [0, 0.05) is 0 Å². The van der Waals surface area contributed by atoms with Gasteiger partial charge in [-0.05, 0) is 78.9 Å². The van der Waals surface area contributed by atoms with Crippen LogP contribution in [0.15, 0.2) is 66.7 Å². The van der Waals surface area contributed by atoms with Crippen LogP contribution in [0.2, 0.25) is 0 Å². The Labute approximate surface area is 150 Å². The maximum absolute atomic E-state index is 5.99. The van der Waals surface area contributed by atoms with Gasteiger partial charge in [0.2, 0.25) is 0 Å². The second kappa shape index (κ2) is 7.89. The molecule has 0 unspecified atom stereocenters. The van der Waals surface area contributed by atoms with Crippen molar-refractivity contribution in [2.24, 2.45) is 0 Å². The minimum atomic E-state index is 0.815. The second-order valence-corrected chi connectivity index (χ2v) is 6.13. The minimum Gasteiger partial charge on any atom is -0.457 e. The van der Waals surface area contributed by atoms with Crippen molar-refractivity contribution in [3.8, 4) is 23.0 Å². The van der Waals surface area contributed by atoms with E-state index in [4.69, 9.17) is 9.47 Å². The molecule has 0 aliphatic carbocycles. The van der Waals surface area contributed by atoms with E-state index in [-0.39, 0.29) is 0 Å². The standard InChI is InChI=1S/C23H24O2/c1-4-18-6-10-20(11-7-18)24-22-14-15-23(17(3)16-22)25-21-12-8-19(5-2)9-13-21/h6-16H,4-5H2,1-3H3. The molecule has 3 rings (SSSR count). The molecule has 0 saturated heterocycles. The van der Waals surface area contributed by atoms with E-state index >= 15 is 0 Å². The van der Waals surface area contributed by atoms with Crippen LogP contribution >= 0.6 is 0 Å². The van der Waals surface area contributed by atoms with Crippen molar-refractivity contribution in [1.82, 2.24) is 0 Å². The normalized spacial score (nSPS) is 10.5. The summed E-state index contributed by atoms with van der Waals surface area (Å²) in [6.45, 7) is 6.32. The monoisotopic (exact) mass is 332 g/mol. The first kappa shape index (κ1) is 17.1. The van der Waals surface area contributed by atoms with Crippen molar-refractivity contribution < 1.29 is 9.47 Å². The van der Waals surface area contributed by atoms with Gasteiger partial charge in [0.15, 0.2) is 0 Å². The Morgan fingerprint density at radius 3 is 1.56 bits per heavy atom. The fourth-order valence-electron chi connectivity index (χ4n) is 2.65. The second-order valence-electron chi connectivity index (χ2n) is 6.13. The first-order valence-electron chi connectivity index (χ1n) is 8.82. The van der Waals surface area contributed by atoms with Crippen LogP contribution in [0.5, 0.6) is 23.0 Å². The molecule has 3 aromatic rings. The third kappa shape index (κ3) is 4.42. The average molecular weight is 332 g/mol. The summed E-state index contributed by atoms with van der Waals surface area (Å²) in [5.41, 5.74) is 3.66. The Morgan fingerprint density at radius 1 is 0.600 bits per heavy atom. The summed E-state index contributed by atoms with van der Waals surface area (Å²) in [5, 5.41) is 0. The van der Waals surface area contributed by atoms with Gasteiger partial charge < -0.3 is 9.47 Å². The van der Waals surface area contributed by atoms with Gasteiger partial charge in [0.25, 0.3) is 0 Å². The highest BCUT2D eigenvalue weighted by Gasteiger charge is 2.05. The Bertz CT molecular complexity index is 818. The highest BCUT2D eigenvalue weighted by molar-refractivity contribution is 5.44. The summed E-state index contributed by atoms with van der Waals surface area (Å²) in [5.74, 6) is 3.36. The van der Waals surface area contributed by atoms with E-state index < -0.39 is 0 Å². The Morgan fingerprint density at radius 2 is 1.08 bits per heavy atom. The molecule has 2 heteroatoms. The SMILES string of the molecule is CCc1ccc(Oc2ccc(Oc3ccc(CC)cc3)c(C)c2)cc1. The maximum atomic E-state index is 5.99. The van der Waals surface area contributed by atoms with Crippen molar-refractivity contribution in [3.63, 3.8) is 0 Å². The van der Waals surface area contributed by atoms with E-state index in [1.54, 1.807) is 0 Å². The lowest BCUT2D eigenvalue weighted by Crippen LogP contribution is -1.90. The van der Waals surface area contributed by atoms with Crippen LogP contribution in [-0.2, 0) is 12.8 Å². The Kier molecular flexibility index (Phi) is 5.39. The first-order valence-corrected chi connectivity index (χ1v) is 8.82. The molecule has 0 atom stereocenters. The molecule has 0 N–H and O–H groups in total. The van der Waals surface area contributed by atoms with Crippen LogP contribution in [0.3, 0.4) is 0 Å². The van der Waals surface area contributed by atoms with Crippen LogP contribution in [0, 0.1) is 6.92 Å². The molecular weight excluding hydrogens is 308 g/mol. The molecule has 0 aliphatic heterocycles. The van der Waals surface area contributed by atoms with Crippen LogP contribution in [-0.4, -0.2) is 0 Å². The van der Waals surface area contributed by atoms with Crippen molar-refractivity contribution in [1.29, 1.82) is 0 Å². The average Bonchev–Trinajstić information content (AvgIpc) is 2.65. The molecule has 0 amide bonds. The van der Waals surface area contributed by atoms with Crippen LogP contribution in [0.1, 0.15) is 30.5 Å². The van der Waals surface area contributed by atoms with Gasteiger partial charge >= 0.3 is 0 Å². The van der Waals surface area contributed by atoms with E-state index in [9.17, 15) is 0 Å². The minimum absolute atomic E-state index is 0.815. The third-order valence-electron chi connectivity index (χ3n) is 4.27. The van der Waals surface area contributed by atoms with Crippen molar-refractivity contribution in [2.45, 2.75) is 33.6 Å². The zero-order chi connectivity index (χ0) is 17.6. The van der Waals surface area contributed by atoms with E-state index in [0.29, 0.717) is 0 Å². The largest absolute Gasteiger partial charge is 0.457 e. The predicted molar refractivity (Wildman–Crippen MR) is 103 cm³/mol. The predicted octanol–water partition coefficient (Wildman–Crippen LogP) is 6.70. The summed E-state index contributed by atoms with van der Waals surface area (Å²) in [6, 6.07) is 22.3. The zero-order valence-electron chi connectivity index (χ0n) is 15.1. The number of rotatable bonds is 6.